The smallest absolute Gasteiger partial charge is 0.250 e. The van der Waals surface area contributed by atoms with E-state index in [-0.39, 0.29) is 18.4 Å². The van der Waals surface area contributed by atoms with E-state index in [0.717, 1.165) is 5.69 Å². The van der Waals surface area contributed by atoms with Crippen molar-refractivity contribution in [2.75, 3.05) is 11.4 Å². The summed E-state index contributed by atoms with van der Waals surface area (Å²) in [6, 6.07) is 7.46. The maximum Gasteiger partial charge on any atom is 0.250 e. The Bertz CT molecular complexity index is 497. The van der Waals surface area contributed by atoms with E-state index in [9.17, 15) is 9.59 Å². The zero-order valence-electron chi connectivity index (χ0n) is 11.6. The lowest BCUT2D eigenvalue weighted by molar-refractivity contribution is -0.131. The molecule has 1 N–H and O–H groups in total. The van der Waals surface area contributed by atoms with Gasteiger partial charge in [-0.15, -0.1) is 0 Å². The fourth-order valence-corrected chi connectivity index (χ4v) is 2.26. The Morgan fingerprint density at radius 2 is 2.11 bits per heavy atom. The number of hydrogen-bond donors (Lipinski definition) is 1. The first kappa shape index (κ1) is 13.6. The number of carbonyl (C=O) groups is 2. The molecule has 1 aromatic carbocycles. The standard InChI is InChI=1S/C15H20N2O2/c1-4-13-15(19)17(9-14(18)16-13)12-7-5-6-11(8-12)10(2)3/h5-8,10,13H,4,9H2,1-3H3,(H,16,18). The van der Waals surface area contributed by atoms with Crippen LogP contribution in [0.1, 0.15) is 38.7 Å². The Kier molecular flexibility index (Phi) is 3.88. The molecule has 2 rings (SSSR count). The van der Waals surface area contributed by atoms with Crippen molar-refractivity contribution < 1.29 is 9.59 Å². The van der Waals surface area contributed by atoms with Crippen molar-refractivity contribution in [3.8, 4) is 0 Å². The highest BCUT2D eigenvalue weighted by Gasteiger charge is 2.32. The third kappa shape index (κ3) is 2.78. The van der Waals surface area contributed by atoms with E-state index in [4.69, 9.17) is 0 Å². The van der Waals surface area contributed by atoms with Crippen LogP contribution >= 0.6 is 0 Å². The maximum atomic E-state index is 12.3. The molecule has 4 heteroatoms. The van der Waals surface area contributed by atoms with Gasteiger partial charge in [-0.25, -0.2) is 0 Å². The van der Waals surface area contributed by atoms with Gasteiger partial charge < -0.3 is 10.2 Å². The molecule has 1 heterocycles. The fraction of sp³-hybridized carbons (Fsp3) is 0.467. The van der Waals surface area contributed by atoms with Gasteiger partial charge in [-0.1, -0.05) is 32.9 Å². The Morgan fingerprint density at radius 3 is 2.74 bits per heavy atom. The molecule has 1 aliphatic heterocycles. The molecule has 2 amide bonds. The van der Waals surface area contributed by atoms with Gasteiger partial charge in [0, 0.05) is 5.69 Å². The minimum absolute atomic E-state index is 0.0250. The molecule has 1 fully saturated rings. The molecule has 0 aromatic heterocycles. The topological polar surface area (TPSA) is 49.4 Å². The highest BCUT2D eigenvalue weighted by atomic mass is 16.2. The molecule has 1 aromatic rings. The minimum atomic E-state index is -0.399. The van der Waals surface area contributed by atoms with Gasteiger partial charge in [-0.05, 0) is 30.0 Å². The number of hydrogen-bond acceptors (Lipinski definition) is 2. The summed E-state index contributed by atoms with van der Waals surface area (Å²) in [5.41, 5.74) is 1.98. The number of anilines is 1. The van der Waals surface area contributed by atoms with E-state index in [1.165, 1.54) is 5.56 Å². The first-order valence-electron chi connectivity index (χ1n) is 6.73. The Hall–Kier alpha value is -1.84. The van der Waals surface area contributed by atoms with Crippen molar-refractivity contribution in [3.05, 3.63) is 29.8 Å². The maximum absolute atomic E-state index is 12.3. The third-order valence-corrected chi connectivity index (χ3v) is 3.46. The number of nitrogens with one attached hydrogen (secondary N) is 1. The van der Waals surface area contributed by atoms with Gasteiger partial charge in [-0.2, -0.15) is 0 Å². The van der Waals surface area contributed by atoms with Crippen molar-refractivity contribution in [1.29, 1.82) is 0 Å². The average Bonchev–Trinajstić information content (AvgIpc) is 2.41. The van der Waals surface area contributed by atoms with Crippen molar-refractivity contribution in [2.45, 2.75) is 39.2 Å². The van der Waals surface area contributed by atoms with Crippen molar-refractivity contribution in [2.24, 2.45) is 0 Å². The second kappa shape index (κ2) is 5.43. The van der Waals surface area contributed by atoms with Crippen LogP contribution in [0.2, 0.25) is 0 Å². The zero-order chi connectivity index (χ0) is 14.0. The summed E-state index contributed by atoms with van der Waals surface area (Å²) < 4.78 is 0. The Morgan fingerprint density at radius 1 is 1.37 bits per heavy atom. The highest BCUT2D eigenvalue weighted by Crippen LogP contribution is 2.23. The zero-order valence-corrected chi connectivity index (χ0v) is 11.6. The number of amides is 2. The SMILES string of the molecule is CCC1NC(=O)CN(c2cccc(C(C)C)c2)C1=O. The quantitative estimate of drug-likeness (QED) is 0.904. The largest absolute Gasteiger partial charge is 0.343 e. The number of carbonyl (C=O) groups excluding carboxylic acids is 2. The van der Waals surface area contributed by atoms with Crippen LogP contribution in [-0.4, -0.2) is 24.4 Å². The van der Waals surface area contributed by atoms with Crippen LogP contribution in [0.25, 0.3) is 0 Å². The second-order valence-electron chi connectivity index (χ2n) is 5.20. The lowest BCUT2D eigenvalue weighted by atomic mass is 10.0. The summed E-state index contributed by atoms with van der Waals surface area (Å²) in [6.07, 6.45) is 0.616. The van der Waals surface area contributed by atoms with Crippen LogP contribution in [0.15, 0.2) is 24.3 Å². The molecule has 0 spiro atoms. The molecule has 1 atom stereocenters. The van der Waals surface area contributed by atoms with Crippen LogP contribution in [0.5, 0.6) is 0 Å². The van der Waals surface area contributed by atoms with Gasteiger partial charge in [0.2, 0.25) is 11.8 Å². The monoisotopic (exact) mass is 260 g/mol. The molecule has 1 unspecified atom stereocenters. The minimum Gasteiger partial charge on any atom is -0.343 e. The molecule has 1 aliphatic rings. The fourth-order valence-electron chi connectivity index (χ4n) is 2.26. The predicted octanol–water partition coefficient (Wildman–Crippen LogP) is 2.05. The lowest BCUT2D eigenvalue weighted by Crippen LogP contribution is -2.58. The summed E-state index contributed by atoms with van der Waals surface area (Å²) >= 11 is 0. The van der Waals surface area contributed by atoms with E-state index in [2.05, 4.69) is 19.2 Å². The van der Waals surface area contributed by atoms with Crippen LogP contribution in [0, 0.1) is 0 Å². The molecule has 0 saturated carbocycles. The van der Waals surface area contributed by atoms with Gasteiger partial charge in [-0.3, -0.25) is 9.59 Å². The van der Waals surface area contributed by atoms with Crippen LogP contribution in [0.4, 0.5) is 5.69 Å². The Labute approximate surface area is 113 Å². The second-order valence-corrected chi connectivity index (χ2v) is 5.20. The molecular weight excluding hydrogens is 240 g/mol. The molecular formula is C15H20N2O2. The first-order chi connectivity index (χ1) is 9.02. The van der Waals surface area contributed by atoms with E-state index < -0.39 is 6.04 Å². The van der Waals surface area contributed by atoms with Gasteiger partial charge >= 0.3 is 0 Å². The van der Waals surface area contributed by atoms with E-state index in [1.807, 2.05) is 31.2 Å². The normalized spacial score (nSPS) is 19.8. The van der Waals surface area contributed by atoms with Crippen LogP contribution < -0.4 is 10.2 Å². The van der Waals surface area contributed by atoms with Crippen molar-refractivity contribution in [3.63, 3.8) is 0 Å². The number of benzene rings is 1. The lowest BCUT2D eigenvalue weighted by Gasteiger charge is -2.32. The van der Waals surface area contributed by atoms with Gasteiger partial charge in [0.05, 0.1) is 0 Å². The molecule has 19 heavy (non-hydrogen) atoms. The van der Waals surface area contributed by atoms with Crippen LogP contribution in [-0.2, 0) is 9.59 Å². The van der Waals surface area contributed by atoms with E-state index in [0.29, 0.717) is 12.3 Å². The van der Waals surface area contributed by atoms with Crippen molar-refractivity contribution in [1.82, 2.24) is 5.32 Å². The van der Waals surface area contributed by atoms with Crippen molar-refractivity contribution >= 4 is 17.5 Å². The van der Waals surface area contributed by atoms with E-state index >= 15 is 0 Å². The molecule has 4 nitrogen and oxygen atoms in total. The van der Waals surface area contributed by atoms with Gasteiger partial charge in [0.1, 0.15) is 12.6 Å². The van der Waals surface area contributed by atoms with Gasteiger partial charge in [0.25, 0.3) is 0 Å². The summed E-state index contributed by atoms with van der Waals surface area (Å²) in [4.78, 5) is 25.6. The van der Waals surface area contributed by atoms with E-state index in [1.54, 1.807) is 4.90 Å². The molecule has 0 bridgehead atoms. The summed E-state index contributed by atoms with van der Waals surface area (Å²) in [6.45, 7) is 6.23. The molecule has 0 radical (unpaired) electrons. The Balaban J connectivity index is 2.31. The predicted molar refractivity (Wildman–Crippen MR) is 75.1 cm³/mol. The highest BCUT2D eigenvalue weighted by molar-refractivity contribution is 6.06. The summed E-state index contributed by atoms with van der Waals surface area (Å²) in [7, 11) is 0. The van der Waals surface area contributed by atoms with Gasteiger partial charge in [0.15, 0.2) is 0 Å². The summed E-state index contributed by atoms with van der Waals surface area (Å²) in [5.74, 6) is 0.278. The first-order valence-corrected chi connectivity index (χ1v) is 6.73. The average molecular weight is 260 g/mol. The molecule has 1 saturated heterocycles. The number of rotatable bonds is 3. The number of nitrogens with zero attached hydrogens (tertiary/aromatic N) is 1. The molecule has 102 valence electrons. The molecule has 0 aliphatic carbocycles. The van der Waals surface area contributed by atoms with Crippen LogP contribution in [0.3, 0.4) is 0 Å². The summed E-state index contributed by atoms with van der Waals surface area (Å²) in [5, 5.41) is 2.72. The number of piperazine rings is 1. The third-order valence-electron chi connectivity index (χ3n) is 3.46.